The molecule has 0 bridgehead atoms. The molecule has 0 radical (unpaired) electrons. The molecule has 2 heterocycles. The van der Waals surface area contributed by atoms with Crippen LogP contribution in [0.5, 0.6) is 5.75 Å². The summed E-state index contributed by atoms with van der Waals surface area (Å²) in [5.74, 6) is 0.233. The first kappa shape index (κ1) is 6.67. The molecule has 0 aromatic carbocycles. The van der Waals surface area contributed by atoms with Crippen LogP contribution in [-0.2, 0) is 0 Å². The van der Waals surface area contributed by atoms with E-state index in [4.69, 9.17) is 5.11 Å². The van der Waals surface area contributed by atoms with Crippen LogP contribution < -0.4 is 0 Å². The van der Waals surface area contributed by atoms with E-state index in [-0.39, 0.29) is 5.75 Å². The van der Waals surface area contributed by atoms with E-state index < -0.39 is 0 Å². The molecular formula is C7H5BrN2O. The van der Waals surface area contributed by atoms with Crippen molar-refractivity contribution in [3.63, 3.8) is 0 Å². The third kappa shape index (κ3) is 0.991. The molecule has 0 fully saturated rings. The minimum atomic E-state index is 0.233. The van der Waals surface area contributed by atoms with E-state index in [0.29, 0.717) is 4.73 Å². The average molecular weight is 213 g/mol. The van der Waals surface area contributed by atoms with Gasteiger partial charge in [-0.2, -0.15) is 0 Å². The largest absolute Gasteiger partial charge is 0.506 e. The number of imidazole rings is 1. The highest BCUT2D eigenvalue weighted by atomic mass is 79.9. The number of rotatable bonds is 0. The molecule has 0 amide bonds. The van der Waals surface area contributed by atoms with Gasteiger partial charge in [0.1, 0.15) is 5.75 Å². The fourth-order valence-electron chi connectivity index (χ4n) is 0.948. The first-order valence-corrected chi connectivity index (χ1v) is 3.88. The molecule has 0 spiro atoms. The summed E-state index contributed by atoms with van der Waals surface area (Å²) in [4.78, 5) is 4.01. The Bertz CT molecular complexity index is 396. The number of nitrogens with zero attached hydrogens (tertiary/aromatic N) is 2. The summed E-state index contributed by atoms with van der Waals surface area (Å²) in [5.41, 5.74) is 0.953. The van der Waals surface area contributed by atoms with Gasteiger partial charge in [-0.15, -0.1) is 0 Å². The Labute approximate surface area is 71.4 Å². The smallest absolute Gasteiger partial charge is 0.181 e. The second kappa shape index (κ2) is 2.23. The van der Waals surface area contributed by atoms with Gasteiger partial charge in [0.25, 0.3) is 0 Å². The predicted molar refractivity (Wildman–Crippen MR) is 44.6 cm³/mol. The fourth-order valence-corrected chi connectivity index (χ4v) is 1.36. The Balaban J connectivity index is 2.87. The lowest BCUT2D eigenvalue weighted by atomic mass is 10.4. The topological polar surface area (TPSA) is 37.5 Å². The van der Waals surface area contributed by atoms with Crippen molar-refractivity contribution in [2.45, 2.75) is 0 Å². The zero-order valence-corrected chi connectivity index (χ0v) is 7.12. The van der Waals surface area contributed by atoms with E-state index in [2.05, 4.69) is 20.9 Å². The van der Waals surface area contributed by atoms with Gasteiger partial charge in [-0.1, -0.05) is 0 Å². The van der Waals surface area contributed by atoms with Crippen molar-refractivity contribution < 1.29 is 5.11 Å². The van der Waals surface area contributed by atoms with Crippen LogP contribution in [0.15, 0.2) is 29.3 Å². The van der Waals surface area contributed by atoms with Gasteiger partial charge in [0.2, 0.25) is 0 Å². The van der Waals surface area contributed by atoms with Crippen LogP contribution in [0.25, 0.3) is 5.52 Å². The highest BCUT2D eigenvalue weighted by Gasteiger charge is 1.98. The van der Waals surface area contributed by atoms with E-state index in [1.54, 1.807) is 28.9 Å². The van der Waals surface area contributed by atoms with Gasteiger partial charge in [0.05, 0.1) is 17.9 Å². The molecule has 56 valence electrons. The summed E-state index contributed by atoms with van der Waals surface area (Å²) in [6, 6.07) is 3.43. The Morgan fingerprint density at radius 1 is 1.45 bits per heavy atom. The highest BCUT2D eigenvalue weighted by Crippen LogP contribution is 2.16. The maximum atomic E-state index is 9.10. The molecule has 2 aromatic rings. The number of hydrogen-bond acceptors (Lipinski definition) is 2. The second-order valence-electron chi connectivity index (χ2n) is 2.21. The minimum Gasteiger partial charge on any atom is -0.506 e. The summed E-state index contributed by atoms with van der Waals surface area (Å²) in [6.07, 6.45) is 3.33. The van der Waals surface area contributed by atoms with Gasteiger partial charge in [0.15, 0.2) is 4.73 Å². The van der Waals surface area contributed by atoms with Gasteiger partial charge < -0.3 is 5.11 Å². The van der Waals surface area contributed by atoms with Crippen LogP contribution in [0.4, 0.5) is 0 Å². The zero-order chi connectivity index (χ0) is 7.84. The van der Waals surface area contributed by atoms with Crippen molar-refractivity contribution in [3.8, 4) is 5.75 Å². The lowest BCUT2D eigenvalue weighted by molar-refractivity contribution is 0.472. The third-order valence-corrected chi connectivity index (χ3v) is 2.05. The first-order chi connectivity index (χ1) is 5.27. The summed E-state index contributed by atoms with van der Waals surface area (Å²) in [5, 5.41) is 9.10. The lowest BCUT2D eigenvalue weighted by Crippen LogP contribution is -1.81. The molecule has 0 saturated heterocycles. The van der Waals surface area contributed by atoms with Crippen LogP contribution in [0.1, 0.15) is 0 Å². The quantitative estimate of drug-likeness (QED) is 0.724. The number of fused-ring (bicyclic) bond motifs is 1. The summed E-state index contributed by atoms with van der Waals surface area (Å²) in [6.45, 7) is 0. The normalized spacial score (nSPS) is 10.6. The average Bonchev–Trinajstić information content (AvgIpc) is 2.33. The van der Waals surface area contributed by atoms with Crippen LogP contribution in [0.2, 0.25) is 0 Å². The molecule has 11 heavy (non-hydrogen) atoms. The standard InChI is InChI=1S/C7H5BrN2O/c8-7-9-3-5-1-2-6(11)4-10(5)7/h1-4,11H. The Hall–Kier alpha value is -1.03. The Morgan fingerprint density at radius 3 is 3.09 bits per heavy atom. The minimum absolute atomic E-state index is 0.233. The Kier molecular flexibility index (Phi) is 1.35. The van der Waals surface area contributed by atoms with Gasteiger partial charge >= 0.3 is 0 Å². The summed E-state index contributed by atoms with van der Waals surface area (Å²) < 4.78 is 2.46. The predicted octanol–water partition coefficient (Wildman–Crippen LogP) is 1.80. The molecule has 2 rings (SSSR count). The van der Waals surface area contributed by atoms with Crippen molar-refractivity contribution in [3.05, 3.63) is 29.3 Å². The van der Waals surface area contributed by atoms with Crippen molar-refractivity contribution in [1.29, 1.82) is 0 Å². The monoisotopic (exact) mass is 212 g/mol. The molecule has 2 aromatic heterocycles. The number of halogens is 1. The molecule has 0 aliphatic heterocycles. The summed E-state index contributed by atoms with van der Waals surface area (Å²) >= 11 is 3.24. The van der Waals surface area contributed by atoms with Crippen molar-refractivity contribution in [2.75, 3.05) is 0 Å². The first-order valence-electron chi connectivity index (χ1n) is 3.09. The number of aromatic hydroxyl groups is 1. The fraction of sp³-hybridized carbons (Fsp3) is 0. The van der Waals surface area contributed by atoms with E-state index in [9.17, 15) is 0 Å². The highest BCUT2D eigenvalue weighted by molar-refractivity contribution is 9.10. The molecule has 4 heteroatoms. The van der Waals surface area contributed by atoms with Crippen LogP contribution >= 0.6 is 15.9 Å². The lowest BCUT2D eigenvalue weighted by Gasteiger charge is -1.94. The zero-order valence-electron chi connectivity index (χ0n) is 5.53. The van der Waals surface area contributed by atoms with Crippen molar-refractivity contribution in [2.24, 2.45) is 0 Å². The van der Waals surface area contributed by atoms with Gasteiger partial charge in [-0.05, 0) is 28.1 Å². The molecule has 1 N–H and O–H groups in total. The molecule has 0 aliphatic carbocycles. The van der Waals surface area contributed by atoms with Crippen LogP contribution in [0, 0.1) is 0 Å². The van der Waals surface area contributed by atoms with E-state index in [0.717, 1.165) is 5.52 Å². The van der Waals surface area contributed by atoms with Crippen molar-refractivity contribution >= 4 is 21.4 Å². The number of hydrogen-bond donors (Lipinski definition) is 1. The van der Waals surface area contributed by atoms with Gasteiger partial charge in [0, 0.05) is 0 Å². The number of aromatic nitrogens is 2. The van der Waals surface area contributed by atoms with Crippen LogP contribution in [0.3, 0.4) is 0 Å². The van der Waals surface area contributed by atoms with Crippen molar-refractivity contribution in [1.82, 2.24) is 9.38 Å². The molecule has 0 aliphatic rings. The van der Waals surface area contributed by atoms with E-state index in [1.165, 1.54) is 0 Å². The molecule has 0 unspecified atom stereocenters. The molecule has 0 atom stereocenters. The van der Waals surface area contributed by atoms with Crippen LogP contribution in [-0.4, -0.2) is 14.5 Å². The second-order valence-corrected chi connectivity index (χ2v) is 2.92. The summed E-state index contributed by atoms with van der Waals surface area (Å²) in [7, 11) is 0. The third-order valence-electron chi connectivity index (χ3n) is 1.47. The van der Waals surface area contributed by atoms with E-state index >= 15 is 0 Å². The maximum Gasteiger partial charge on any atom is 0.181 e. The molecule has 3 nitrogen and oxygen atoms in total. The maximum absolute atomic E-state index is 9.10. The van der Waals surface area contributed by atoms with Gasteiger partial charge in [-0.3, -0.25) is 4.40 Å². The van der Waals surface area contributed by atoms with E-state index in [1.807, 2.05) is 0 Å². The Morgan fingerprint density at radius 2 is 2.27 bits per heavy atom. The molecular weight excluding hydrogens is 208 g/mol. The molecule has 0 saturated carbocycles. The number of pyridine rings is 1. The van der Waals surface area contributed by atoms with Gasteiger partial charge in [-0.25, -0.2) is 4.98 Å². The SMILES string of the molecule is Oc1ccc2cnc(Br)n2c1.